The summed E-state index contributed by atoms with van der Waals surface area (Å²) in [5, 5.41) is 2.79. The van der Waals surface area contributed by atoms with Crippen molar-refractivity contribution in [3.8, 4) is 0 Å². The van der Waals surface area contributed by atoms with Gasteiger partial charge in [-0.15, -0.1) is 12.4 Å². The average molecular weight is 277 g/mol. The highest BCUT2D eigenvalue weighted by molar-refractivity contribution is 5.85. The fourth-order valence-corrected chi connectivity index (χ4v) is 3.23. The Morgan fingerprint density at radius 2 is 2.00 bits per heavy atom. The molecular weight excluding hydrogens is 256 g/mol. The van der Waals surface area contributed by atoms with E-state index in [0.717, 1.165) is 19.3 Å². The quantitative estimate of drug-likeness (QED) is 0.731. The van der Waals surface area contributed by atoms with Crippen molar-refractivity contribution >= 4 is 24.3 Å². The standard InChI is InChI=1S/C12H20N2O3.ClH/c1-17-9(15)4-5-14-12(16)10-7-2-3-8(6-7)11(10)13;/h7-8,10-11H,2-6,13H2,1H3,(H,14,16);1H. The minimum absolute atomic E-state index is 0. The molecule has 2 aliphatic rings. The number of nitrogens with two attached hydrogens (primary N) is 1. The number of fused-ring (bicyclic) bond motifs is 2. The van der Waals surface area contributed by atoms with Gasteiger partial charge in [0, 0.05) is 12.6 Å². The van der Waals surface area contributed by atoms with E-state index in [-0.39, 0.29) is 42.7 Å². The number of ether oxygens (including phenoxy) is 1. The summed E-state index contributed by atoms with van der Waals surface area (Å²) in [7, 11) is 1.34. The van der Waals surface area contributed by atoms with E-state index in [1.807, 2.05) is 0 Å². The van der Waals surface area contributed by atoms with Gasteiger partial charge in [0.1, 0.15) is 0 Å². The maximum Gasteiger partial charge on any atom is 0.307 e. The first-order chi connectivity index (χ1) is 8.13. The molecule has 0 aromatic heterocycles. The predicted octanol–water partition coefficient (Wildman–Crippen LogP) is 0.461. The minimum atomic E-state index is -0.303. The van der Waals surface area contributed by atoms with Crippen LogP contribution in [0, 0.1) is 17.8 Å². The highest BCUT2D eigenvalue weighted by Gasteiger charge is 2.48. The SMILES string of the molecule is COC(=O)CCNC(=O)C1C2CCC(C2)C1N.Cl. The van der Waals surface area contributed by atoms with Crippen molar-refractivity contribution in [3.05, 3.63) is 0 Å². The van der Waals surface area contributed by atoms with E-state index in [9.17, 15) is 9.59 Å². The molecule has 18 heavy (non-hydrogen) atoms. The molecule has 104 valence electrons. The number of carbonyl (C=O) groups excluding carboxylic acids is 2. The Hall–Kier alpha value is -0.810. The maximum absolute atomic E-state index is 12.0. The summed E-state index contributed by atoms with van der Waals surface area (Å²) in [5.41, 5.74) is 6.07. The number of methoxy groups -OCH3 is 1. The van der Waals surface area contributed by atoms with Crippen LogP contribution in [0.2, 0.25) is 0 Å². The van der Waals surface area contributed by atoms with Crippen LogP contribution in [-0.4, -0.2) is 31.6 Å². The van der Waals surface area contributed by atoms with E-state index in [0.29, 0.717) is 18.4 Å². The summed E-state index contributed by atoms with van der Waals surface area (Å²) in [6.45, 7) is 0.339. The molecule has 2 rings (SSSR count). The van der Waals surface area contributed by atoms with Gasteiger partial charge in [0.15, 0.2) is 0 Å². The molecule has 2 fully saturated rings. The lowest BCUT2D eigenvalue weighted by Gasteiger charge is -2.26. The number of esters is 1. The molecule has 0 aliphatic heterocycles. The second-order valence-corrected chi connectivity index (χ2v) is 5.05. The molecule has 5 nitrogen and oxygen atoms in total. The van der Waals surface area contributed by atoms with Crippen LogP contribution >= 0.6 is 12.4 Å². The molecule has 0 saturated heterocycles. The van der Waals surface area contributed by atoms with Gasteiger partial charge in [0.05, 0.1) is 19.4 Å². The second kappa shape index (κ2) is 6.38. The summed E-state index contributed by atoms with van der Waals surface area (Å²) in [4.78, 5) is 22.9. The Balaban J connectivity index is 0.00000162. The Kier molecular flexibility index (Phi) is 5.41. The fraction of sp³-hybridized carbons (Fsp3) is 0.833. The summed E-state index contributed by atoms with van der Waals surface area (Å²) < 4.78 is 4.51. The van der Waals surface area contributed by atoms with E-state index in [1.54, 1.807) is 0 Å². The molecule has 2 bridgehead atoms. The van der Waals surface area contributed by atoms with Gasteiger partial charge in [0.2, 0.25) is 5.91 Å². The Labute approximate surface area is 113 Å². The highest BCUT2D eigenvalue weighted by atomic mass is 35.5. The van der Waals surface area contributed by atoms with Crippen LogP contribution in [-0.2, 0) is 14.3 Å². The molecule has 4 unspecified atom stereocenters. The molecule has 0 heterocycles. The van der Waals surface area contributed by atoms with Gasteiger partial charge in [0.25, 0.3) is 0 Å². The van der Waals surface area contributed by atoms with Gasteiger partial charge in [-0.2, -0.15) is 0 Å². The lowest BCUT2D eigenvalue weighted by atomic mass is 9.84. The highest BCUT2D eigenvalue weighted by Crippen LogP contribution is 2.47. The second-order valence-electron chi connectivity index (χ2n) is 5.05. The molecule has 0 aromatic rings. The molecular formula is C12H21ClN2O3. The molecule has 0 spiro atoms. The first-order valence-electron chi connectivity index (χ1n) is 6.23. The van der Waals surface area contributed by atoms with Crippen molar-refractivity contribution in [1.82, 2.24) is 5.32 Å². The molecule has 3 N–H and O–H groups in total. The summed E-state index contributed by atoms with van der Waals surface area (Å²) in [6, 6.07) is 0.00637. The monoisotopic (exact) mass is 276 g/mol. The zero-order chi connectivity index (χ0) is 12.4. The molecule has 0 aromatic carbocycles. The maximum atomic E-state index is 12.0. The van der Waals surface area contributed by atoms with Gasteiger partial charge in [-0.1, -0.05) is 0 Å². The number of hydrogen-bond donors (Lipinski definition) is 2. The van der Waals surface area contributed by atoms with Crippen LogP contribution in [0.5, 0.6) is 0 Å². The predicted molar refractivity (Wildman–Crippen MR) is 69.2 cm³/mol. The van der Waals surface area contributed by atoms with Crippen LogP contribution in [0.25, 0.3) is 0 Å². The van der Waals surface area contributed by atoms with Gasteiger partial charge >= 0.3 is 5.97 Å². The first kappa shape index (κ1) is 15.2. The number of nitrogens with one attached hydrogen (secondary N) is 1. The average Bonchev–Trinajstić information content (AvgIpc) is 2.88. The first-order valence-corrected chi connectivity index (χ1v) is 6.23. The third-order valence-corrected chi connectivity index (χ3v) is 4.14. The summed E-state index contributed by atoms with van der Waals surface area (Å²) in [5.74, 6) is 0.632. The van der Waals surface area contributed by atoms with Gasteiger partial charge < -0.3 is 15.8 Å². The third kappa shape index (κ3) is 2.95. The van der Waals surface area contributed by atoms with Crippen molar-refractivity contribution < 1.29 is 14.3 Å². The number of hydrogen-bond acceptors (Lipinski definition) is 4. The van der Waals surface area contributed by atoms with E-state index < -0.39 is 0 Å². The van der Waals surface area contributed by atoms with Crippen LogP contribution in [0.3, 0.4) is 0 Å². The number of amides is 1. The van der Waals surface area contributed by atoms with Crippen molar-refractivity contribution in [1.29, 1.82) is 0 Å². The Morgan fingerprint density at radius 1 is 1.33 bits per heavy atom. The van der Waals surface area contributed by atoms with E-state index in [2.05, 4.69) is 10.1 Å². The molecule has 2 aliphatic carbocycles. The van der Waals surface area contributed by atoms with E-state index >= 15 is 0 Å². The van der Waals surface area contributed by atoms with Crippen molar-refractivity contribution in [2.75, 3.05) is 13.7 Å². The number of carbonyl (C=O) groups is 2. The lowest BCUT2D eigenvalue weighted by molar-refractivity contribution is -0.140. The summed E-state index contributed by atoms with van der Waals surface area (Å²) in [6.07, 6.45) is 3.60. The Bertz CT molecular complexity index is 322. The topological polar surface area (TPSA) is 81.4 Å². The largest absolute Gasteiger partial charge is 0.469 e. The number of halogens is 1. The van der Waals surface area contributed by atoms with Crippen LogP contribution in [0.15, 0.2) is 0 Å². The van der Waals surface area contributed by atoms with Crippen LogP contribution in [0.4, 0.5) is 0 Å². The summed E-state index contributed by atoms with van der Waals surface area (Å²) >= 11 is 0. The molecule has 1 amide bonds. The minimum Gasteiger partial charge on any atom is -0.469 e. The zero-order valence-electron chi connectivity index (χ0n) is 10.6. The van der Waals surface area contributed by atoms with E-state index in [1.165, 1.54) is 7.11 Å². The van der Waals surface area contributed by atoms with Crippen LogP contribution < -0.4 is 11.1 Å². The van der Waals surface area contributed by atoms with Crippen molar-refractivity contribution in [2.24, 2.45) is 23.5 Å². The lowest BCUT2D eigenvalue weighted by Crippen LogP contribution is -2.45. The van der Waals surface area contributed by atoms with Crippen molar-refractivity contribution in [3.63, 3.8) is 0 Å². The van der Waals surface area contributed by atoms with Crippen LogP contribution in [0.1, 0.15) is 25.7 Å². The fourth-order valence-electron chi connectivity index (χ4n) is 3.23. The normalized spacial score (nSPS) is 32.8. The third-order valence-electron chi connectivity index (χ3n) is 4.14. The van der Waals surface area contributed by atoms with E-state index in [4.69, 9.17) is 5.73 Å². The number of rotatable bonds is 4. The molecule has 4 atom stereocenters. The zero-order valence-corrected chi connectivity index (χ0v) is 11.4. The van der Waals surface area contributed by atoms with Gasteiger partial charge in [-0.3, -0.25) is 9.59 Å². The molecule has 2 saturated carbocycles. The van der Waals surface area contributed by atoms with Gasteiger partial charge in [-0.25, -0.2) is 0 Å². The Morgan fingerprint density at radius 3 is 2.56 bits per heavy atom. The van der Waals surface area contributed by atoms with Crippen molar-refractivity contribution in [2.45, 2.75) is 31.7 Å². The smallest absolute Gasteiger partial charge is 0.307 e. The molecule has 0 radical (unpaired) electrons. The van der Waals surface area contributed by atoms with Gasteiger partial charge in [-0.05, 0) is 31.1 Å². The molecule has 6 heteroatoms.